The summed E-state index contributed by atoms with van der Waals surface area (Å²) in [6.07, 6.45) is 4.61. The number of carbonyl (C=O) groups is 1. The first kappa shape index (κ1) is 11.2. The lowest BCUT2D eigenvalue weighted by Crippen LogP contribution is -2.13. The molecule has 0 spiro atoms. The van der Waals surface area contributed by atoms with Crippen molar-refractivity contribution in [3.63, 3.8) is 0 Å². The van der Waals surface area contributed by atoms with Crippen LogP contribution in [0.4, 0.5) is 0 Å². The molecule has 0 aromatic carbocycles. The largest absolute Gasteiger partial charge is 0.388 e. The van der Waals surface area contributed by atoms with Gasteiger partial charge in [-0.15, -0.1) is 0 Å². The van der Waals surface area contributed by atoms with Gasteiger partial charge in [0, 0.05) is 18.7 Å². The first-order valence-corrected chi connectivity index (χ1v) is 4.65. The van der Waals surface area contributed by atoms with Gasteiger partial charge in [-0.2, -0.15) is 0 Å². The molecule has 2 nitrogen and oxygen atoms in total. The van der Waals surface area contributed by atoms with Gasteiger partial charge in [0.2, 0.25) is 0 Å². The van der Waals surface area contributed by atoms with Crippen molar-refractivity contribution < 1.29 is 4.79 Å². The van der Waals surface area contributed by atoms with Gasteiger partial charge in [0.05, 0.1) is 0 Å². The summed E-state index contributed by atoms with van der Waals surface area (Å²) in [6, 6.07) is 0. The zero-order chi connectivity index (χ0) is 9.40. The average molecular weight is 169 g/mol. The van der Waals surface area contributed by atoms with E-state index in [2.05, 4.69) is 12.2 Å². The Balaban J connectivity index is 3.62. The lowest BCUT2D eigenvalue weighted by molar-refractivity contribution is -0.114. The molecule has 0 bridgehead atoms. The number of carbonyl (C=O) groups excluding carboxylic acids is 1. The molecule has 0 saturated heterocycles. The third-order valence-electron chi connectivity index (χ3n) is 1.66. The van der Waals surface area contributed by atoms with Gasteiger partial charge in [-0.3, -0.25) is 4.79 Å². The van der Waals surface area contributed by atoms with E-state index in [0.29, 0.717) is 6.42 Å². The number of unbranched alkanes of at least 4 members (excludes halogenated alkanes) is 1. The zero-order valence-electron chi connectivity index (χ0n) is 8.31. The van der Waals surface area contributed by atoms with Crippen molar-refractivity contribution in [2.75, 3.05) is 6.54 Å². The Hall–Kier alpha value is -0.790. The maximum atomic E-state index is 10.9. The predicted molar refractivity (Wildman–Crippen MR) is 52.0 cm³/mol. The Kier molecular flexibility index (Phi) is 6.44. The van der Waals surface area contributed by atoms with Crippen LogP contribution in [0.5, 0.6) is 0 Å². The highest BCUT2D eigenvalue weighted by Gasteiger charge is 1.93. The lowest BCUT2D eigenvalue weighted by Gasteiger charge is -2.03. The van der Waals surface area contributed by atoms with Crippen LogP contribution in [0.1, 0.15) is 40.0 Å². The van der Waals surface area contributed by atoms with E-state index in [-0.39, 0.29) is 5.78 Å². The maximum absolute atomic E-state index is 10.9. The summed E-state index contributed by atoms with van der Waals surface area (Å²) in [5, 5.41) is 3.19. The second kappa shape index (κ2) is 6.89. The predicted octanol–water partition coefficient (Wildman–Crippen LogP) is 2.26. The second-order valence-corrected chi connectivity index (χ2v) is 2.93. The number of rotatable bonds is 6. The van der Waals surface area contributed by atoms with Gasteiger partial charge in [0.15, 0.2) is 5.78 Å². The van der Waals surface area contributed by atoms with Crippen LogP contribution in [0.25, 0.3) is 0 Å². The summed E-state index contributed by atoms with van der Waals surface area (Å²) >= 11 is 0. The van der Waals surface area contributed by atoms with Crippen LogP contribution in [0.2, 0.25) is 0 Å². The van der Waals surface area contributed by atoms with Crippen LogP contribution in [0.15, 0.2) is 11.8 Å². The molecule has 0 amide bonds. The van der Waals surface area contributed by atoms with Crippen LogP contribution < -0.4 is 5.32 Å². The number of hydrogen-bond donors (Lipinski definition) is 1. The zero-order valence-corrected chi connectivity index (χ0v) is 8.31. The van der Waals surface area contributed by atoms with Crippen LogP contribution in [-0.4, -0.2) is 12.3 Å². The van der Waals surface area contributed by atoms with Gasteiger partial charge in [0.25, 0.3) is 0 Å². The molecule has 1 N–H and O–H groups in total. The normalized spacial score (nSPS) is 11.4. The highest BCUT2D eigenvalue weighted by Crippen LogP contribution is 1.92. The van der Waals surface area contributed by atoms with Crippen molar-refractivity contribution in [1.29, 1.82) is 0 Å². The molecular weight excluding hydrogens is 150 g/mol. The minimum atomic E-state index is 0.191. The molecule has 0 fully saturated rings. The summed E-state index contributed by atoms with van der Waals surface area (Å²) in [5.74, 6) is 0.191. The van der Waals surface area contributed by atoms with Crippen LogP contribution in [-0.2, 0) is 4.79 Å². The summed E-state index contributed by atoms with van der Waals surface area (Å²) in [6.45, 7) is 6.93. The fourth-order valence-corrected chi connectivity index (χ4v) is 0.857. The van der Waals surface area contributed by atoms with Crippen LogP contribution >= 0.6 is 0 Å². The van der Waals surface area contributed by atoms with Gasteiger partial charge in [-0.1, -0.05) is 20.3 Å². The third kappa shape index (κ3) is 5.96. The number of allylic oxidation sites excluding steroid dienone is 2. The molecule has 0 atom stereocenters. The smallest absolute Gasteiger partial charge is 0.157 e. The summed E-state index contributed by atoms with van der Waals surface area (Å²) < 4.78 is 0. The minimum absolute atomic E-state index is 0.191. The molecule has 0 saturated carbocycles. The Bertz CT molecular complexity index is 161. The van der Waals surface area contributed by atoms with E-state index >= 15 is 0 Å². The lowest BCUT2D eigenvalue weighted by atomic mass is 10.2. The molecule has 0 aliphatic heterocycles. The molecule has 0 aromatic heterocycles. The van der Waals surface area contributed by atoms with Crippen molar-refractivity contribution in [2.45, 2.75) is 40.0 Å². The molecular formula is C10H19NO. The van der Waals surface area contributed by atoms with Gasteiger partial charge >= 0.3 is 0 Å². The summed E-state index contributed by atoms with van der Waals surface area (Å²) in [5.41, 5.74) is 0.982. The minimum Gasteiger partial charge on any atom is -0.388 e. The molecule has 0 aliphatic carbocycles. The van der Waals surface area contributed by atoms with E-state index < -0.39 is 0 Å². The molecule has 0 unspecified atom stereocenters. The van der Waals surface area contributed by atoms with Gasteiger partial charge in [-0.25, -0.2) is 0 Å². The molecule has 70 valence electrons. The van der Waals surface area contributed by atoms with Gasteiger partial charge < -0.3 is 5.32 Å². The molecule has 0 radical (unpaired) electrons. The SMILES string of the molecule is CCCCNC(C)=CC(=O)CC. The maximum Gasteiger partial charge on any atom is 0.157 e. The Morgan fingerprint density at radius 2 is 2.08 bits per heavy atom. The van der Waals surface area contributed by atoms with Crippen LogP contribution in [0, 0.1) is 0 Å². The standard InChI is InChI=1S/C10H19NO/c1-4-6-7-11-9(3)8-10(12)5-2/h8,11H,4-7H2,1-3H3. The Labute approximate surface area is 75.0 Å². The highest BCUT2D eigenvalue weighted by molar-refractivity contribution is 5.89. The molecule has 2 heteroatoms. The first-order chi connectivity index (χ1) is 5.70. The first-order valence-electron chi connectivity index (χ1n) is 4.65. The van der Waals surface area contributed by atoms with E-state index in [0.717, 1.165) is 18.7 Å². The molecule has 0 aromatic rings. The van der Waals surface area contributed by atoms with Crippen molar-refractivity contribution in [3.8, 4) is 0 Å². The van der Waals surface area contributed by atoms with Crippen LogP contribution in [0.3, 0.4) is 0 Å². The Morgan fingerprint density at radius 3 is 2.58 bits per heavy atom. The van der Waals surface area contributed by atoms with E-state index in [9.17, 15) is 4.79 Å². The monoisotopic (exact) mass is 169 g/mol. The molecule has 0 aliphatic rings. The summed E-state index contributed by atoms with van der Waals surface area (Å²) in [4.78, 5) is 10.9. The van der Waals surface area contributed by atoms with E-state index in [4.69, 9.17) is 0 Å². The van der Waals surface area contributed by atoms with E-state index in [1.807, 2.05) is 13.8 Å². The van der Waals surface area contributed by atoms with Crippen molar-refractivity contribution >= 4 is 5.78 Å². The topological polar surface area (TPSA) is 29.1 Å². The Morgan fingerprint density at radius 1 is 1.42 bits per heavy atom. The number of nitrogens with one attached hydrogen (secondary N) is 1. The number of ketones is 1. The van der Waals surface area contributed by atoms with Crippen molar-refractivity contribution in [3.05, 3.63) is 11.8 Å². The highest BCUT2D eigenvalue weighted by atomic mass is 16.1. The molecule has 0 rings (SSSR count). The van der Waals surface area contributed by atoms with Gasteiger partial charge in [0.1, 0.15) is 0 Å². The summed E-state index contributed by atoms with van der Waals surface area (Å²) in [7, 11) is 0. The van der Waals surface area contributed by atoms with Crippen molar-refractivity contribution in [2.24, 2.45) is 0 Å². The van der Waals surface area contributed by atoms with E-state index in [1.165, 1.54) is 6.42 Å². The molecule has 0 heterocycles. The fraction of sp³-hybridized carbons (Fsp3) is 0.700. The number of hydrogen-bond acceptors (Lipinski definition) is 2. The third-order valence-corrected chi connectivity index (χ3v) is 1.66. The molecule has 12 heavy (non-hydrogen) atoms. The van der Waals surface area contributed by atoms with Gasteiger partial charge in [-0.05, 0) is 19.4 Å². The quantitative estimate of drug-likeness (QED) is 0.488. The van der Waals surface area contributed by atoms with Crippen molar-refractivity contribution in [1.82, 2.24) is 5.32 Å². The van der Waals surface area contributed by atoms with E-state index in [1.54, 1.807) is 6.08 Å². The fourth-order valence-electron chi connectivity index (χ4n) is 0.857. The average Bonchev–Trinajstić information content (AvgIpc) is 2.05. The second-order valence-electron chi connectivity index (χ2n) is 2.93.